The molecule has 1 aliphatic rings. The molecule has 3 nitrogen and oxygen atoms in total. The lowest BCUT2D eigenvalue weighted by Gasteiger charge is -2.48. The van der Waals surface area contributed by atoms with Crippen LogP contribution in [0.4, 0.5) is 14.5 Å². The van der Waals surface area contributed by atoms with E-state index >= 15 is 0 Å². The third-order valence-electron chi connectivity index (χ3n) is 3.72. The zero-order valence-corrected chi connectivity index (χ0v) is 11.2. The molecule has 0 spiro atoms. The molecule has 1 aromatic carbocycles. The van der Waals surface area contributed by atoms with Gasteiger partial charge in [0, 0.05) is 19.2 Å². The molecule has 1 aromatic rings. The lowest BCUT2D eigenvalue weighted by Crippen LogP contribution is -2.52. The van der Waals surface area contributed by atoms with Crippen LogP contribution >= 0.6 is 0 Å². The summed E-state index contributed by atoms with van der Waals surface area (Å²) in [6.45, 7) is 7.65. The van der Waals surface area contributed by atoms with Crippen LogP contribution in [0.25, 0.3) is 0 Å². The quantitative estimate of drug-likeness (QED) is 0.896. The van der Waals surface area contributed by atoms with E-state index in [1.54, 1.807) is 4.90 Å². The minimum atomic E-state index is -1.24. The maximum Gasteiger partial charge on any atom is 0.337 e. The zero-order valence-electron chi connectivity index (χ0n) is 11.2. The number of carbonyl (C=O) groups is 1. The predicted octanol–water partition coefficient (Wildman–Crippen LogP) is 3.15. The molecule has 0 amide bonds. The largest absolute Gasteiger partial charge is 0.478 e. The van der Waals surface area contributed by atoms with Crippen molar-refractivity contribution in [2.75, 3.05) is 18.0 Å². The maximum atomic E-state index is 13.3. The second-order valence-electron chi connectivity index (χ2n) is 6.06. The van der Waals surface area contributed by atoms with Gasteiger partial charge in [-0.05, 0) is 17.4 Å². The smallest absolute Gasteiger partial charge is 0.337 e. The maximum absolute atomic E-state index is 13.3. The Morgan fingerprint density at radius 2 is 1.79 bits per heavy atom. The van der Waals surface area contributed by atoms with Crippen LogP contribution in [0.3, 0.4) is 0 Å². The van der Waals surface area contributed by atoms with Gasteiger partial charge in [-0.15, -0.1) is 0 Å². The second kappa shape index (κ2) is 4.47. The molecule has 2 rings (SSSR count). The number of hydrogen-bond donors (Lipinski definition) is 1. The summed E-state index contributed by atoms with van der Waals surface area (Å²) in [5.41, 5.74) is 0.191. The van der Waals surface area contributed by atoms with Gasteiger partial charge in [-0.25, -0.2) is 13.6 Å². The van der Waals surface area contributed by atoms with Gasteiger partial charge in [-0.2, -0.15) is 0 Å². The molecule has 1 aliphatic heterocycles. The van der Waals surface area contributed by atoms with Gasteiger partial charge < -0.3 is 10.0 Å². The highest BCUT2D eigenvalue weighted by Crippen LogP contribution is 2.38. The summed E-state index contributed by atoms with van der Waals surface area (Å²) in [4.78, 5) is 12.9. The van der Waals surface area contributed by atoms with Crippen molar-refractivity contribution in [3.63, 3.8) is 0 Å². The van der Waals surface area contributed by atoms with E-state index in [0.717, 1.165) is 12.1 Å². The lowest BCUT2D eigenvalue weighted by atomic mass is 9.75. The van der Waals surface area contributed by atoms with Gasteiger partial charge in [0.2, 0.25) is 0 Å². The summed E-state index contributed by atoms with van der Waals surface area (Å²) in [6.07, 6.45) is 0. The topological polar surface area (TPSA) is 40.5 Å². The third-order valence-corrected chi connectivity index (χ3v) is 3.72. The average molecular weight is 269 g/mol. The molecule has 0 saturated carbocycles. The Morgan fingerprint density at radius 1 is 1.26 bits per heavy atom. The Kier molecular flexibility index (Phi) is 3.24. The number of benzene rings is 1. The van der Waals surface area contributed by atoms with E-state index in [1.807, 2.05) is 0 Å². The number of nitrogens with zero attached hydrogens (tertiary/aromatic N) is 1. The molecule has 1 fully saturated rings. The van der Waals surface area contributed by atoms with Crippen molar-refractivity contribution in [2.45, 2.75) is 20.8 Å². The van der Waals surface area contributed by atoms with Crippen molar-refractivity contribution < 1.29 is 18.7 Å². The minimum absolute atomic E-state index is 0.123. The number of carboxylic acids is 1. The molecule has 0 radical (unpaired) electrons. The number of rotatable bonds is 2. The predicted molar refractivity (Wildman–Crippen MR) is 68.5 cm³/mol. The standard InChI is InChI=1S/C14H17F2NO2/c1-14(2,3)8-6-17(7-8)12-5-11(16)10(15)4-9(12)13(18)19/h4-5,8H,6-7H2,1-3H3,(H,18,19). The Morgan fingerprint density at radius 3 is 2.26 bits per heavy atom. The van der Waals surface area contributed by atoms with Crippen LogP contribution in [0.5, 0.6) is 0 Å². The first-order valence-corrected chi connectivity index (χ1v) is 6.17. The monoisotopic (exact) mass is 269 g/mol. The van der Waals surface area contributed by atoms with E-state index in [-0.39, 0.29) is 16.7 Å². The van der Waals surface area contributed by atoms with Crippen LogP contribution in [0.1, 0.15) is 31.1 Å². The van der Waals surface area contributed by atoms with Crippen molar-refractivity contribution in [2.24, 2.45) is 11.3 Å². The summed E-state index contributed by atoms with van der Waals surface area (Å²) in [6, 6.07) is 1.72. The van der Waals surface area contributed by atoms with Gasteiger partial charge in [-0.1, -0.05) is 20.8 Å². The fourth-order valence-corrected chi connectivity index (χ4v) is 2.19. The van der Waals surface area contributed by atoms with Crippen LogP contribution in [0.2, 0.25) is 0 Å². The Hall–Kier alpha value is -1.65. The number of aromatic carboxylic acids is 1. The Bertz CT molecular complexity index is 517. The molecule has 0 aromatic heterocycles. The highest BCUT2D eigenvalue weighted by Gasteiger charge is 2.37. The summed E-state index contributed by atoms with van der Waals surface area (Å²) in [5.74, 6) is -2.97. The summed E-state index contributed by atoms with van der Waals surface area (Å²) in [7, 11) is 0. The van der Waals surface area contributed by atoms with Crippen molar-refractivity contribution >= 4 is 11.7 Å². The van der Waals surface area contributed by atoms with Crippen LogP contribution in [0, 0.1) is 23.0 Å². The molecule has 1 heterocycles. The van der Waals surface area contributed by atoms with Crippen molar-refractivity contribution in [3.05, 3.63) is 29.3 Å². The number of anilines is 1. The highest BCUT2D eigenvalue weighted by molar-refractivity contribution is 5.94. The van der Waals surface area contributed by atoms with Gasteiger partial charge in [0.1, 0.15) is 0 Å². The van der Waals surface area contributed by atoms with E-state index in [9.17, 15) is 13.6 Å². The highest BCUT2D eigenvalue weighted by atomic mass is 19.2. The van der Waals surface area contributed by atoms with Gasteiger partial charge in [0.05, 0.1) is 11.3 Å². The van der Waals surface area contributed by atoms with E-state index in [0.29, 0.717) is 19.0 Å². The van der Waals surface area contributed by atoms with Gasteiger partial charge in [0.15, 0.2) is 11.6 Å². The molecule has 0 unspecified atom stereocenters. The number of carboxylic acid groups (broad SMARTS) is 1. The van der Waals surface area contributed by atoms with Crippen molar-refractivity contribution in [1.29, 1.82) is 0 Å². The lowest BCUT2D eigenvalue weighted by molar-refractivity contribution is 0.0696. The molecule has 5 heteroatoms. The van der Waals surface area contributed by atoms with E-state index in [4.69, 9.17) is 5.11 Å². The van der Waals surface area contributed by atoms with Crippen LogP contribution < -0.4 is 4.90 Å². The summed E-state index contributed by atoms with van der Waals surface area (Å²) >= 11 is 0. The second-order valence-corrected chi connectivity index (χ2v) is 6.06. The molecule has 0 atom stereocenters. The molecule has 19 heavy (non-hydrogen) atoms. The first kappa shape index (κ1) is 13.8. The Balaban J connectivity index is 2.27. The number of hydrogen-bond acceptors (Lipinski definition) is 2. The van der Waals surface area contributed by atoms with E-state index < -0.39 is 17.6 Å². The van der Waals surface area contributed by atoms with Crippen LogP contribution in [0.15, 0.2) is 12.1 Å². The third kappa shape index (κ3) is 2.55. The van der Waals surface area contributed by atoms with Gasteiger partial charge >= 0.3 is 5.97 Å². The van der Waals surface area contributed by atoms with Crippen LogP contribution in [-0.4, -0.2) is 24.2 Å². The van der Waals surface area contributed by atoms with Gasteiger partial charge in [0.25, 0.3) is 0 Å². The van der Waals surface area contributed by atoms with E-state index in [1.165, 1.54) is 0 Å². The molecule has 104 valence electrons. The number of halogens is 2. The fourth-order valence-electron chi connectivity index (χ4n) is 2.19. The first-order chi connectivity index (χ1) is 8.70. The summed E-state index contributed by atoms with van der Waals surface area (Å²) in [5, 5.41) is 9.06. The first-order valence-electron chi connectivity index (χ1n) is 6.17. The van der Waals surface area contributed by atoms with E-state index in [2.05, 4.69) is 20.8 Å². The molecular formula is C14H17F2NO2. The Labute approximate surface area is 110 Å². The SMILES string of the molecule is CC(C)(C)C1CN(c2cc(F)c(F)cc2C(=O)O)C1. The molecule has 1 N–H and O–H groups in total. The summed E-state index contributed by atoms with van der Waals surface area (Å²) < 4.78 is 26.4. The van der Waals surface area contributed by atoms with Crippen LogP contribution in [-0.2, 0) is 0 Å². The minimum Gasteiger partial charge on any atom is -0.478 e. The molecule has 0 bridgehead atoms. The average Bonchev–Trinajstić information content (AvgIpc) is 2.18. The van der Waals surface area contributed by atoms with Crippen molar-refractivity contribution in [3.8, 4) is 0 Å². The zero-order chi connectivity index (χ0) is 14.4. The fraction of sp³-hybridized carbons (Fsp3) is 0.500. The molecule has 0 aliphatic carbocycles. The normalized spacial score (nSPS) is 16.4. The molecule has 1 saturated heterocycles. The van der Waals surface area contributed by atoms with Crippen molar-refractivity contribution in [1.82, 2.24) is 0 Å². The van der Waals surface area contributed by atoms with Gasteiger partial charge in [-0.3, -0.25) is 0 Å². The molecular weight excluding hydrogens is 252 g/mol.